The largest absolute Gasteiger partial charge is 0.497 e. The van der Waals surface area contributed by atoms with Gasteiger partial charge in [-0.15, -0.1) is 0 Å². The molecule has 2 rings (SSSR count). The first-order valence-corrected chi connectivity index (χ1v) is 7.84. The molecule has 4 heteroatoms. The van der Waals surface area contributed by atoms with Crippen molar-refractivity contribution in [1.29, 1.82) is 0 Å². The molecule has 0 unspecified atom stereocenters. The van der Waals surface area contributed by atoms with Gasteiger partial charge in [-0.05, 0) is 35.2 Å². The number of carbonyl (C=O) groups is 1. The Morgan fingerprint density at radius 3 is 2.45 bits per heavy atom. The van der Waals surface area contributed by atoms with Crippen LogP contribution in [0.3, 0.4) is 0 Å². The minimum Gasteiger partial charge on any atom is -0.497 e. The van der Waals surface area contributed by atoms with Crippen molar-refractivity contribution in [2.45, 2.75) is 11.3 Å². The monoisotopic (exact) mass is 313 g/mol. The zero-order valence-electron chi connectivity index (χ0n) is 12.7. The van der Waals surface area contributed by atoms with E-state index < -0.39 is 0 Å². The molecule has 0 spiro atoms. The van der Waals surface area contributed by atoms with E-state index in [1.54, 1.807) is 37.0 Å². The highest BCUT2D eigenvalue weighted by atomic mass is 32.2. The first-order chi connectivity index (χ1) is 10.7. The van der Waals surface area contributed by atoms with E-state index in [1.165, 1.54) is 0 Å². The normalized spacial score (nSPS) is 10.6. The van der Waals surface area contributed by atoms with Gasteiger partial charge < -0.3 is 9.64 Å². The van der Waals surface area contributed by atoms with Crippen molar-refractivity contribution in [2.24, 2.45) is 0 Å². The summed E-state index contributed by atoms with van der Waals surface area (Å²) in [6, 6.07) is 17.6. The number of rotatable bonds is 6. The summed E-state index contributed by atoms with van der Waals surface area (Å²) in [4.78, 5) is 14.9. The summed E-state index contributed by atoms with van der Waals surface area (Å²) in [6.07, 6.45) is 2.17. The standard InChI is InChI=1S/C18H19NO2S/c1-19(12-13-22-17-6-4-3-5-7-17)18(20)14-15-8-10-16(21-2)11-9-15/h3-13H,14H2,1-2H3/b13-12+. The molecule has 0 saturated carbocycles. The van der Waals surface area contributed by atoms with Crippen molar-refractivity contribution in [3.63, 3.8) is 0 Å². The number of methoxy groups -OCH3 is 1. The van der Waals surface area contributed by atoms with Crippen molar-refractivity contribution in [2.75, 3.05) is 14.2 Å². The van der Waals surface area contributed by atoms with E-state index in [1.807, 2.05) is 60.0 Å². The van der Waals surface area contributed by atoms with Crippen LogP contribution in [0.15, 0.2) is 71.1 Å². The van der Waals surface area contributed by atoms with Gasteiger partial charge in [0.05, 0.1) is 13.5 Å². The number of ether oxygens (including phenoxy) is 1. The highest BCUT2D eigenvalue weighted by Gasteiger charge is 2.07. The Morgan fingerprint density at radius 2 is 1.82 bits per heavy atom. The molecule has 0 fully saturated rings. The maximum Gasteiger partial charge on any atom is 0.230 e. The molecule has 0 radical (unpaired) electrons. The fraction of sp³-hybridized carbons (Fsp3) is 0.167. The summed E-state index contributed by atoms with van der Waals surface area (Å²) in [6.45, 7) is 0. The summed E-state index contributed by atoms with van der Waals surface area (Å²) < 4.78 is 5.11. The van der Waals surface area contributed by atoms with Crippen LogP contribution in [0.2, 0.25) is 0 Å². The van der Waals surface area contributed by atoms with E-state index in [0.717, 1.165) is 16.2 Å². The van der Waals surface area contributed by atoms with E-state index >= 15 is 0 Å². The molecule has 0 saturated heterocycles. The van der Waals surface area contributed by atoms with E-state index in [9.17, 15) is 4.79 Å². The minimum absolute atomic E-state index is 0.0510. The molecule has 0 atom stereocenters. The van der Waals surface area contributed by atoms with Gasteiger partial charge >= 0.3 is 0 Å². The van der Waals surface area contributed by atoms with Gasteiger partial charge in [0.2, 0.25) is 5.91 Å². The summed E-state index contributed by atoms with van der Waals surface area (Å²) >= 11 is 1.59. The molecule has 0 bridgehead atoms. The van der Waals surface area contributed by atoms with Crippen molar-refractivity contribution in [1.82, 2.24) is 4.90 Å². The van der Waals surface area contributed by atoms with Gasteiger partial charge in [-0.25, -0.2) is 0 Å². The average Bonchev–Trinajstić information content (AvgIpc) is 2.56. The molecular weight excluding hydrogens is 294 g/mol. The number of benzene rings is 2. The lowest BCUT2D eigenvalue weighted by molar-refractivity contribution is -0.126. The topological polar surface area (TPSA) is 29.5 Å². The minimum atomic E-state index is 0.0510. The third-order valence-electron chi connectivity index (χ3n) is 3.14. The van der Waals surface area contributed by atoms with Gasteiger partial charge in [-0.3, -0.25) is 4.79 Å². The fourth-order valence-electron chi connectivity index (χ4n) is 1.83. The lowest BCUT2D eigenvalue weighted by Crippen LogP contribution is -2.22. The highest BCUT2D eigenvalue weighted by Crippen LogP contribution is 2.18. The van der Waals surface area contributed by atoms with Crippen LogP contribution in [-0.2, 0) is 11.2 Å². The first-order valence-electron chi connectivity index (χ1n) is 6.96. The Hall–Kier alpha value is -2.20. The highest BCUT2D eigenvalue weighted by molar-refractivity contribution is 8.02. The van der Waals surface area contributed by atoms with Crippen LogP contribution in [0, 0.1) is 0 Å². The van der Waals surface area contributed by atoms with Crippen LogP contribution in [0.5, 0.6) is 5.75 Å². The smallest absolute Gasteiger partial charge is 0.230 e. The van der Waals surface area contributed by atoms with Gasteiger partial charge in [-0.2, -0.15) is 0 Å². The van der Waals surface area contributed by atoms with Crippen molar-refractivity contribution in [3.8, 4) is 5.75 Å². The van der Waals surface area contributed by atoms with E-state index in [0.29, 0.717) is 6.42 Å². The lowest BCUT2D eigenvalue weighted by Gasteiger charge is -2.12. The van der Waals surface area contributed by atoms with Crippen LogP contribution in [-0.4, -0.2) is 25.0 Å². The Morgan fingerprint density at radius 1 is 1.14 bits per heavy atom. The van der Waals surface area contributed by atoms with Gasteiger partial charge in [0.25, 0.3) is 0 Å². The molecule has 2 aromatic rings. The van der Waals surface area contributed by atoms with Crippen LogP contribution < -0.4 is 4.74 Å². The average molecular weight is 313 g/mol. The Balaban J connectivity index is 1.85. The number of hydrogen-bond donors (Lipinski definition) is 0. The van der Waals surface area contributed by atoms with Crippen LogP contribution in [0.1, 0.15) is 5.56 Å². The van der Waals surface area contributed by atoms with E-state index in [2.05, 4.69) is 0 Å². The Labute approximate surface area is 135 Å². The third kappa shape index (κ3) is 4.97. The SMILES string of the molecule is COc1ccc(CC(=O)N(C)/C=C/Sc2ccccc2)cc1. The molecule has 0 aliphatic carbocycles. The molecule has 2 aromatic carbocycles. The summed E-state index contributed by atoms with van der Waals surface area (Å²) in [5, 5.41) is 1.92. The molecule has 0 N–H and O–H groups in total. The summed E-state index contributed by atoms with van der Waals surface area (Å²) in [5.74, 6) is 0.846. The zero-order chi connectivity index (χ0) is 15.8. The number of nitrogens with zero attached hydrogens (tertiary/aromatic N) is 1. The molecule has 114 valence electrons. The molecule has 0 aliphatic rings. The predicted molar refractivity (Wildman–Crippen MR) is 90.9 cm³/mol. The number of hydrogen-bond acceptors (Lipinski definition) is 3. The quantitative estimate of drug-likeness (QED) is 0.756. The number of amides is 1. The summed E-state index contributed by atoms with van der Waals surface area (Å²) in [7, 11) is 3.40. The van der Waals surface area contributed by atoms with Crippen LogP contribution >= 0.6 is 11.8 Å². The van der Waals surface area contributed by atoms with Crippen LogP contribution in [0.25, 0.3) is 0 Å². The second-order valence-electron chi connectivity index (χ2n) is 4.75. The summed E-state index contributed by atoms with van der Waals surface area (Å²) in [5.41, 5.74) is 0.974. The number of likely N-dealkylation sites (N-methyl/N-ethyl adjacent to an activating group) is 1. The van der Waals surface area contributed by atoms with Crippen LogP contribution in [0.4, 0.5) is 0 Å². The van der Waals surface area contributed by atoms with Crippen molar-refractivity contribution in [3.05, 3.63) is 71.8 Å². The number of thioether (sulfide) groups is 1. The number of carbonyl (C=O) groups excluding carboxylic acids is 1. The van der Waals surface area contributed by atoms with E-state index in [4.69, 9.17) is 4.74 Å². The van der Waals surface area contributed by atoms with Gasteiger partial charge in [-0.1, -0.05) is 42.1 Å². The Kier molecular flexibility index (Phi) is 6.10. The maximum atomic E-state index is 12.1. The molecule has 1 amide bonds. The van der Waals surface area contributed by atoms with Gasteiger partial charge in [0, 0.05) is 18.1 Å². The van der Waals surface area contributed by atoms with Gasteiger partial charge in [0.15, 0.2) is 0 Å². The van der Waals surface area contributed by atoms with Gasteiger partial charge in [0.1, 0.15) is 5.75 Å². The molecule has 22 heavy (non-hydrogen) atoms. The Bertz CT molecular complexity index is 623. The van der Waals surface area contributed by atoms with E-state index in [-0.39, 0.29) is 5.91 Å². The molecule has 0 aromatic heterocycles. The molecular formula is C18H19NO2S. The maximum absolute atomic E-state index is 12.1. The third-order valence-corrected chi connectivity index (χ3v) is 3.94. The second kappa shape index (κ2) is 8.29. The predicted octanol–water partition coefficient (Wildman–Crippen LogP) is 3.96. The van der Waals surface area contributed by atoms with Crippen molar-refractivity contribution < 1.29 is 9.53 Å². The molecule has 0 aliphatic heterocycles. The second-order valence-corrected chi connectivity index (χ2v) is 5.72. The molecule has 0 heterocycles. The molecule has 3 nitrogen and oxygen atoms in total. The fourth-order valence-corrected chi connectivity index (χ4v) is 2.54. The lowest BCUT2D eigenvalue weighted by atomic mass is 10.1. The zero-order valence-corrected chi connectivity index (χ0v) is 13.5. The first kappa shape index (κ1) is 16.2. The van der Waals surface area contributed by atoms with Crippen molar-refractivity contribution >= 4 is 17.7 Å².